The Morgan fingerprint density at radius 1 is 1.03 bits per heavy atom. The maximum atomic E-state index is 12.6. The predicted molar refractivity (Wildman–Crippen MR) is 108 cm³/mol. The summed E-state index contributed by atoms with van der Waals surface area (Å²) >= 11 is 0. The monoisotopic (exact) mass is 425 g/mol. The molecular formula is C22H18F3N5O. The molecule has 1 amide bonds. The first kappa shape index (κ1) is 20.5. The standard InChI is InChI=1S/C14H11F3N2.C8H7N3O/c15-14(16,17)13-7-10(4-5-18-13)12-6-9-2-1-3-11(9)8-19-12;9-8(12)6-4-7-2-1-3-10-11(7)5-6/h4-8H,1-3H2;1-5H,(H2,9,12). The van der Waals surface area contributed by atoms with Crippen molar-refractivity contribution in [3.63, 3.8) is 0 Å². The van der Waals surface area contributed by atoms with Crippen molar-refractivity contribution >= 4 is 11.4 Å². The quantitative estimate of drug-likeness (QED) is 0.524. The molecule has 4 aromatic heterocycles. The maximum absolute atomic E-state index is 12.6. The Balaban J connectivity index is 0.000000166. The predicted octanol–water partition coefficient (Wildman–Crippen LogP) is 4.08. The zero-order chi connectivity index (χ0) is 22.0. The van der Waals surface area contributed by atoms with Crippen LogP contribution in [0, 0.1) is 0 Å². The average Bonchev–Trinajstić information content (AvgIpc) is 3.40. The van der Waals surface area contributed by atoms with E-state index in [0.717, 1.165) is 30.8 Å². The van der Waals surface area contributed by atoms with Crippen molar-refractivity contribution in [1.29, 1.82) is 0 Å². The molecule has 4 heterocycles. The van der Waals surface area contributed by atoms with Gasteiger partial charge in [0.05, 0.1) is 16.8 Å². The minimum absolute atomic E-state index is 0.430. The molecule has 5 rings (SSSR count). The van der Waals surface area contributed by atoms with E-state index in [9.17, 15) is 18.0 Å². The summed E-state index contributed by atoms with van der Waals surface area (Å²) in [5.74, 6) is -0.430. The first-order chi connectivity index (χ1) is 14.8. The molecular weight excluding hydrogens is 407 g/mol. The van der Waals surface area contributed by atoms with Crippen LogP contribution < -0.4 is 5.73 Å². The van der Waals surface area contributed by atoms with Crippen LogP contribution in [-0.2, 0) is 19.0 Å². The van der Waals surface area contributed by atoms with Crippen LogP contribution in [0.4, 0.5) is 13.2 Å². The Labute approximate surface area is 175 Å². The Hall–Kier alpha value is -3.75. The summed E-state index contributed by atoms with van der Waals surface area (Å²) in [6.45, 7) is 0. The number of alkyl halides is 3. The highest BCUT2D eigenvalue weighted by Crippen LogP contribution is 2.31. The van der Waals surface area contributed by atoms with Crippen molar-refractivity contribution in [3.05, 3.63) is 83.6 Å². The summed E-state index contributed by atoms with van der Waals surface area (Å²) in [5, 5.41) is 3.99. The van der Waals surface area contributed by atoms with Gasteiger partial charge in [0.1, 0.15) is 5.69 Å². The van der Waals surface area contributed by atoms with E-state index in [1.807, 2.05) is 12.1 Å². The number of hydrogen-bond donors (Lipinski definition) is 1. The van der Waals surface area contributed by atoms with Crippen LogP contribution in [0.3, 0.4) is 0 Å². The van der Waals surface area contributed by atoms with E-state index in [1.165, 1.54) is 17.3 Å². The number of hydrogen-bond acceptors (Lipinski definition) is 4. The molecule has 0 atom stereocenters. The van der Waals surface area contributed by atoms with Crippen LogP contribution in [0.25, 0.3) is 16.8 Å². The summed E-state index contributed by atoms with van der Waals surface area (Å²) in [7, 11) is 0. The van der Waals surface area contributed by atoms with E-state index < -0.39 is 17.8 Å². The van der Waals surface area contributed by atoms with Crippen LogP contribution in [-0.4, -0.2) is 25.5 Å². The van der Waals surface area contributed by atoms with Crippen LogP contribution in [0.2, 0.25) is 0 Å². The second kappa shape index (κ2) is 8.17. The Morgan fingerprint density at radius 3 is 2.58 bits per heavy atom. The molecule has 0 saturated carbocycles. The average molecular weight is 425 g/mol. The number of pyridine rings is 2. The van der Waals surface area contributed by atoms with Crippen molar-refractivity contribution in [1.82, 2.24) is 19.6 Å². The Morgan fingerprint density at radius 2 is 1.84 bits per heavy atom. The van der Waals surface area contributed by atoms with Gasteiger partial charge in [-0.2, -0.15) is 18.3 Å². The number of aromatic nitrogens is 4. The molecule has 158 valence electrons. The lowest BCUT2D eigenvalue weighted by Gasteiger charge is -2.08. The number of carbonyl (C=O) groups excluding carboxylic acids is 1. The minimum atomic E-state index is -4.42. The molecule has 0 radical (unpaired) electrons. The van der Waals surface area contributed by atoms with Crippen molar-refractivity contribution in [2.75, 3.05) is 0 Å². The molecule has 0 saturated heterocycles. The fraction of sp³-hybridized carbons (Fsp3) is 0.182. The normalized spacial score (nSPS) is 12.9. The van der Waals surface area contributed by atoms with Gasteiger partial charge in [-0.05, 0) is 66.8 Å². The first-order valence-electron chi connectivity index (χ1n) is 9.56. The molecule has 2 N–H and O–H groups in total. The fourth-order valence-corrected chi connectivity index (χ4v) is 3.44. The smallest absolute Gasteiger partial charge is 0.366 e. The van der Waals surface area contributed by atoms with Crippen molar-refractivity contribution in [3.8, 4) is 11.3 Å². The van der Waals surface area contributed by atoms with Crippen LogP contribution >= 0.6 is 0 Å². The molecule has 1 aliphatic rings. The molecule has 0 bridgehead atoms. The number of rotatable bonds is 2. The lowest BCUT2D eigenvalue weighted by Crippen LogP contribution is -2.09. The lowest BCUT2D eigenvalue weighted by molar-refractivity contribution is -0.141. The summed E-state index contributed by atoms with van der Waals surface area (Å²) in [4.78, 5) is 18.4. The van der Waals surface area contributed by atoms with Crippen molar-refractivity contribution < 1.29 is 18.0 Å². The van der Waals surface area contributed by atoms with Gasteiger partial charge in [-0.1, -0.05) is 0 Å². The number of amides is 1. The van der Waals surface area contributed by atoms with Gasteiger partial charge in [-0.15, -0.1) is 0 Å². The molecule has 4 aromatic rings. The Kier molecular flexibility index (Phi) is 5.41. The number of aryl methyl sites for hydroxylation is 2. The third-order valence-corrected chi connectivity index (χ3v) is 4.98. The SMILES string of the molecule is FC(F)(F)c1cc(-c2cc3c(cn2)CCC3)ccn1.NC(=O)c1cc2cccnn2c1. The lowest BCUT2D eigenvalue weighted by atomic mass is 10.1. The van der Waals surface area contributed by atoms with E-state index in [4.69, 9.17) is 5.73 Å². The van der Waals surface area contributed by atoms with Crippen LogP contribution in [0.5, 0.6) is 0 Å². The molecule has 31 heavy (non-hydrogen) atoms. The second-order valence-corrected chi connectivity index (χ2v) is 7.11. The zero-order valence-corrected chi connectivity index (χ0v) is 16.3. The number of nitrogens with two attached hydrogens (primary N) is 1. The van der Waals surface area contributed by atoms with Gasteiger partial charge in [0, 0.05) is 30.4 Å². The number of fused-ring (bicyclic) bond motifs is 2. The van der Waals surface area contributed by atoms with Crippen LogP contribution in [0.1, 0.15) is 33.6 Å². The van der Waals surface area contributed by atoms with Gasteiger partial charge in [0.2, 0.25) is 5.91 Å². The first-order valence-corrected chi connectivity index (χ1v) is 9.56. The topological polar surface area (TPSA) is 86.2 Å². The van der Waals surface area contributed by atoms with Gasteiger partial charge < -0.3 is 5.73 Å². The van der Waals surface area contributed by atoms with Gasteiger partial charge in [-0.25, -0.2) is 4.52 Å². The van der Waals surface area contributed by atoms with E-state index in [0.29, 0.717) is 16.8 Å². The molecule has 9 heteroatoms. The van der Waals surface area contributed by atoms with Gasteiger partial charge in [0.25, 0.3) is 0 Å². The van der Waals surface area contributed by atoms with Gasteiger partial charge in [-0.3, -0.25) is 14.8 Å². The third kappa shape index (κ3) is 4.55. The fourth-order valence-electron chi connectivity index (χ4n) is 3.44. The number of primary amides is 1. The minimum Gasteiger partial charge on any atom is -0.366 e. The summed E-state index contributed by atoms with van der Waals surface area (Å²) < 4.78 is 39.5. The molecule has 0 aromatic carbocycles. The number of halogens is 3. The molecule has 0 fully saturated rings. The van der Waals surface area contributed by atoms with Gasteiger partial charge in [0.15, 0.2) is 0 Å². The largest absolute Gasteiger partial charge is 0.433 e. The Bertz CT molecular complexity index is 1220. The van der Waals surface area contributed by atoms with E-state index in [2.05, 4.69) is 15.1 Å². The highest BCUT2D eigenvalue weighted by molar-refractivity contribution is 5.94. The summed E-state index contributed by atoms with van der Waals surface area (Å²) in [6, 6.07) is 9.86. The van der Waals surface area contributed by atoms with E-state index in [-0.39, 0.29) is 0 Å². The zero-order valence-electron chi connectivity index (χ0n) is 16.3. The summed E-state index contributed by atoms with van der Waals surface area (Å²) in [6.07, 6.45) is 4.85. The van der Waals surface area contributed by atoms with E-state index in [1.54, 1.807) is 41.3 Å². The van der Waals surface area contributed by atoms with E-state index >= 15 is 0 Å². The third-order valence-electron chi connectivity index (χ3n) is 4.98. The highest BCUT2D eigenvalue weighted by atomic mass is 19.4. The highest BCUT2D eigenvalue weighted by Gasteiger charge is 2.32. The molecule has 0 spiro atoms. The van der Waals surface area contributed by atoms with Gasteiger partial charge >= 0.3 is 6.18 Å². The molecule has 1 aliphatic carbocycles. The summed E-state index contributed by atoms with van der Waals surface area (Å²) in [5.41, 5.74) is 8.99. The van der Waals surface area contributed by atoms with Crippen molar-refractivity contribution in [2.24, 2.45) is 5.73 Å². The number of carbonyl (C=O) groups is 1. The molecule has 0 unspecified atom stereocenters. The number of nitrogens with zero attached hydrogens (tertiary/aromatic N) is 4. The van der Waals surface area contributed by atoms with Crippen LogP contribution in [0.15, 0.2) is 61.2 Å². The second-order valence-electron chi connectivity index (χ2n) is 7.11. The molecule has 6 nitrogen and oxygen atoms in total. The molecule has 0 aliphatic heterocycles. The maximum Gasteiger partial charge on any atom is 0.433 e. The van der Waals surface area contributed by atoms with Crippen molar-refractivity contribution in [2.45, 2.75) is 25.4 Å².